The number of carbonyl (C=O) groups is 3. The number of hydrogen-bond acceptors (Lipinski definition) is 6. The molecule has 3 aliphatic heterocycles. The van der Waals surface area contributed by atoms with Gasteiger partial charge in [0.15, 0.2) is 0 Å². The molecule has 2 unspecified atom stereocenters. The Hall–Kier alpha value is -3.46. The van der Waals surface area contributed by atoms with Crippen LogP contribution in [0.4, 0.5) is 5.69 Å². The lowest BCUT2D eigenvalue weighted by Crippen LogP contribution is -2.59. The number of carbonyl (C=O) groups excluding carboxylic acids is 3. The number of amides is 2. The second kappa shape index (κ2) is 12.8. The highest BCUT2D eigenvalue weighted by atomic mass is 35.5. The van der Waals surface area contributed by atoms with Gasteiger partial charge in [0.25, 0.3) is 5.91 Å². The predicted octanol–water partition coefficient (Wildman–Crippen LogP) is 4.35. The quantitative estimate of drug-likeness (QED) is 0.211. The largest absolute Gasteiger partial charge is 0.465 e. The molecule has 0 saturated carbocycles. The minimum absolute atomic E-state index is 0.181. The molecule has 1 spiro atoms. The van der Waals surface area contributed by atoms with Gasteiger partial charge >= 0.3 is 5.97 Å². The van der Waals surface area contributed by atoms with Gasteiger partial charge in [0.2, 0.25) is 5.91 Å². The number of allylic oxidation sites excluding steroid dienone is 1. The van der Waals surface area contributed by atoms with Gasteiger partial charge in [-0.1, -0.05) is 54.1 Å². The summed E-state index contributed by atoms with van der Waals surface area (Å²) in [6.07, 6.45) is 5.49. The number of nitrogens with zero attached hydrogens (tertiary/aromatic N) is 2. The first kappa shape index (κ1) is 30.0. The first-order valence-corrected chi connectivity index (χ1v) is 14.8. The number of unbranched alkanes of at least 4 members (excludes halogenated alkanes) is 1. The first-order valence-electron chi connectivity index (χ1n) is 14.5. The van der Waals surface area contributed by atoms with Gasteiger partial charge in [-0.15, -0.1) is 13.2 Å². The highest BCUT2D eigenvalue weighted by molar-refractivity contribution is 6.30. The van der Waals surface area contributed by atoms with Gasteiger partial charge in [0.05, 0.1) is 37.2 Å². The third-order valence-electron chi connectivity index (χ3n) is 8.68. The maximum Gasteiger partial charge on any atom is 0.312 e. The van der Waals surface area contributed by atoms with Crippen LogP contribution in [0.5, 0.6) is 0 Å². The monoisotopic (exact) mass is 592 g/mol. The van der Waals surface area contributed by atoms with Crippen LogP contribution in [0.1, 0.15) is 31.2 Å². The zero-order valence-electron chi connectivity index (χ0n) is 23.6. The number of aliphatic hydroxyl groups excluding tert-OH is 1. The molecule has 0 aliphatic carbocycles. The summed E-state index contributed by atoms with van der Waals surface area (Å²) < 4.78 is 12.2. The molecule has 6 atom stereocenters. The topological polar surface area (TPSA) is 96.4 Å². The maximum absolute atomic E-state index is 14.7. The van der Waals surface area contributed by atoms with Crippen molar-refractivity contribution in [1.29, 1.82) is 0 Å². The summed E-state index contributed by atoms with van der Waals surface area (Å²) in [5.74, 6) is -2.93. The van der Waals surface area contributed by atoms with E-state index in [4.69, 9.17) is 21.1 Å². The van der Waals surface area contributed by atoms with E-state index in [-0.39, 0.29) is 31.6 Å². The van der Waals surface area contributed by atoms with Crippen molar-refractivity contribution < 1.29 is 29.0 Å². The highest BCUT2D eigenvalue weighted by Gasteiger charge is 2.75. The Morgan fingerprint density at radius 3 is 2.57 bits per heavy atom. The van der Waals surface area contributed by atoms with Crippen LogP contribution >= 0.6 is 11.6 Å². The van der Waals surface area contributed by atoms with E-state index in [1.165, 1.54) is 4.90 Å². The number of fused-ring (bicyclic) bond motifs is 1. The third kappa shape index (κ3) is 5.39. The molecular formula is C33H37ClN2O6. The Balaban J connectivity index is 1.55. The van der Waals surface area contributed by atoms with E-state index in [0.717, 1.165) is 5.56 Å². The lowest BCUT2D eigenvalue weighted by atomic mass is 9.70. The average Bonchev–Trinajstić information content (AvgIpc) is 3.65. The molecule has 1 N–H and O–H groups in total. The second-order valence-corrected chi connectivity index (χ2v) is 11.6. The Morgan fingerprint density at radius 2 is 1.90 bits per heavy atom. The van der Waals surface area contributed by atoms with Crippen LogP contribution in [-0.4, -0.2) is 71.3 Å². The van der Waals surface area contributed by atoms with E-state index >= 15 is 0 Å². The number of anilines is 1. The summed E-state index contributed by atoms with van der Waals surface area (Å²) in [6, 6.07) is 14.6. The van der Waals surface area contributed by atoms with Gasteiger partial charge < -0.3 is 24.4 Å². The van der Waals surface area contributed by atoms with Crippen molar-refractivity contribution >= 4 is 35.1 Å². The van der Waals surface area contributed by atoms with Crippen molar-refractivity contribution in [3.05, 3.63) is 90.5 Å². The van der Waals surface area contributed by atoms with Crippen LogP contribution in [0.15, 0.2) is 79.9 Å². The van der Waals surface area contributed by atoms with Crippen molar-refractivity contribution in [2.24, 2.45) is 11.8 Å². The zero-order valence-corrected chi connectivity index (χ0v) is 24.3. The molecule has 222 valence electrons. The fourth-order valence-electron chi connectivity index (χ4n) is 6.89. The van der Waals surface area contributed by atoms with Gasteiger partial charge in [0, 0.05) is 17.3 Å². The smallest absolute Gasteiger partial charge is 0.312 e. The number of ether oxygens (including phenoxy) is 2. The lowest BCUT2D eigenvalue weighted by molar-refractivity contribution is -0.155. The summed E-state index contributed by atoms with van der Waals surface area (Å²) in [5.41, 5.74) is 0.277. The van der Waals surface area contributed by atoms with Crippen molar-refractivity contribution in [3.63, 3.8) is 0 Å². The van der Waals surface area contributed by atoms with Crippen molar-refractivity contribution in [2.75, 3.05) is 24.7 Å². The molecule has 2 amide bonds. The first-order chi connectivity index (χ1) is 20.4. The molecular weight excluding hydrogens is 556 g/mol. The molecule has 3 heterocycles. The van der Waals surface area contributed by atoms with E-state index in [1.54, 1.807) is 41.3 Å². The fourth-order valence-corrected chi connectivity index (χ4v) is 7.01. The SMILES string of the molecule is C=CCCCOC(=O)[C@@H]1[C@@H]2CCC3(O2)C(C(=O)N(CC=C)c2ccc(Cl)cc2)N([C@@H](CO)Cc2ccccc2)C(=O)[C@H]13. The average molecular weight is 593 g/mol. The summed E-state index contributed by atoms with van der Waals surface area (Å²) in [7, 11) is 0. The molecule has 0 radical (unpaired) electrons. The molecule has 3 aliphatic rings. The van der Waals surface area contributed by atoms with Crippen molar-refractivity contribution in [3.8, 4) is 0 Å². The minimum Gasteiger partial charge on any atom is -0.465 e. The number of aliphatic hydroxyl groups is 1. The molecule has 9 heteroatoms. The highest BCUT2D eigenvalue weighted by Crippen LogP contribution is 2.59. The fraction of sp³-hybridized carbons (Fsp3) is 0.424. The van der Waals surface area contributed by atoms with E-state index in [9.17, 15) is 19.5 Å². The van der Waals surface area contributed by atoms with Gasteiger partial charge in [-0.3, -0.25) is 14.4 Å². The summed E-state index contributed by atoms with van der Waals surface area (Å²) in [6.45, 7) is 7.57. The Morgan fingerprint density at radius 1 is 1.17 bits per heavy atom. The number of esters is 1. The third-order valence-corrected chi connectivity index (χ3v) is 8.93. The van der Waals surface area contributed by atoms with E-state index < -0.39 is 41.6 Å². The normalized spacial score (nSPS) is 26.5. The molecule has 3 fully saturated rings. The van der Waals surface area contributed by atoms with Crippen molar-refractivity contribution in [1.82, 2.24) is 4.90 Å². The summed E-state index contributed by atoms with van der Waals surface area (Å²) in [4.78, 5) is 45.6. The molecule has 8 nitrogen and oxygen atoms in total. The minimum atomic E-state index is -1.22. The van der Waals surface area contributed by atoms with Crippen LogP contribution < -0.4 is 4.90 Å². The second-order valence-electron chi connectivity index (χ2n) is 11.1. The maximum atomic E-state index is 14.7. The lowest BCUT2D eigenvalue weighted by Gasteiger charge is -2.39. The molecule has 0 aromatic heterocycles. The van der Waals surface area contributed by atoms with Gasteiger partial charge in [-0.2, -0.15) is 0 Å². The van der Waals surface area contributed by atoms with Crippen LogP contribution in [0.2, 0.25) is 5.02 Å². The van der Waals surface area contributed by atoms with Crippen LogP contribution in [0.3, 0.4) is 0 Å². The number of halogens is 1. The molecule has 2 bridgehead atoms. The Bertz CT molecular complexity index is 1320. The molecule has 2 aromatic rings. The van der Waals surface area contributed by atoms with Gasteiger partial charge in [-0.25, -0.2) is 0 Å². The van der Waals surface area contributed by atoms with E-state index in [0.29, 0.717) is 42.8 Å². The van der Waals surface area contributed by atoms with Crippen LogP contribution in [-0.2, 0) is 30.3 Å². The molecule has 42 heavy (non-hydrogen) atoms. The number of rotatable bonds is 13. The number of likely N-dealkylation sites (tertiary alicyclic amines) is 1. The van der Waals surface area contributed by atoms with Crippen molar-refractivity contribution in [2.45, 2.75) is 55.9 Å². The summed E-state index contributed by atoms with van der Waals surface area (Å²) >= 11 is 6.13. The van der Waals surface area contributed by atoms with Gasteiger partial charge in [-0.05, 0) is 61.9 Å². The van der Waals surface area contributed by atoms with E-state index in [2.05, 4.69) is 13.2 Å². The standard InChI is InChI=1S/C33H37ClN2O6/c1-3-5-9-19-41-32(40)27-26-16-17-33(42-26)28(27)30(38)36(25(21-37)20-22-10-7-6-8-11-22)29(33)31(39)35(18-4-2)24-14-12-23(34)13-15-24/h3-4,6-8,10-15,25-29,37H,1-2,5,9,16-21H2/t25-,26+,27-,28+,29?,33?/m1/s1. The molecule has 3 saturated heterocycles. The van der Waals surface area contributed by atoms with E-state index in [1.807, 2.05) is 30.3 Å². The Labute approximate surface area is 251 Å². The summed E-state index contributed by atoms with van der Waals surface area (Å²) in [5, 5.41) is 11.2. The molecule has 5 rings (SSSR count). The van der Waals surface area contributed by atoms with Gasteiger partial charge in [0.1, 0.15) is 11.6 Å². The Kier molecular flexibility index (Phi) is 9.16. The van der Waals surface area contributed by atoms with Crippen LogP contribution in [0, 0.1) is 11.8 Å². The van der Waals surface area contributed by atoms with Crippen LogP contribution in [0.25, 0.3) is 0 Å². The predicted molar refractivity (Wildman–Crippen MR) is 160 cm³/mol. The number of hydrogen-bond donors (Lipinski definition) is 1. The zero-order chi connectivity index (χ0) is 29.9. The number of benzene rings is 2. The molecule has 2 aromatic carbocycles.